The van der Waals surface area contributed by atoms with Gasteiger partial charge in [0.1, 0.15) is 18.2 Å². The zero-order valence-electron chi connectivity index (χ0n) is 6.94. The van der Waals surface area contributed by atoms with Crippen LogP contribution >= 0.6 is 0 Å². The fourth-order valence-corrected chi connectivity index (χ4v) is 1.12. The number of imidazole rings is 1. The average Bonchev–Trinajstić information content (AvgIpc) is 2.49. The highest BCUT2D eigenvalue weighted by Gasteiger charge is 2.04. The van der Waals surface area contributed by atoms with Crippen LogP contribution in [0.3, 0.4) is 0 Å². The normalized spacial score (nSPS) is 10.5. The zero-order chi connectivity index (χ0) is 8.55. The standard InChI is InChI=1S/C7H9N5/c1-5-6-7(10-3-9-5)12(8-2)4-11-6/h3-4,8H,1-2H3. The molecule has 2 aromatic heterocycles. The summed E-state index contributed by atoms with van der Waals surface area (Å²) in [4.78, 5) is 12.3. The van der Waals surface area contributed by atoms with Crippen molar-refractivity contribution in [2.24, 2.45) is 0 Å². The number of nitrogens with zero attached hydrogens (tertiary/aromatic N) is 4. The molecular formula is C7H9N5. The van der Waals surface area contributed by atoms with Gasteiger partial charge in [-0.05, 0) is 6.92 Å². The van der Waals surface area contributed by atoms with E-state index in [0.717, 1.165) is 16.9 Å². The molecule has 0 aromatic carbocycles. The van der Waals surface area contributed by atoms with Crippen molar-refractivity contribution >= 4 is 11.2 Å². The monoisotopic (exact) mass is 163 g/mol. The molecule has 0 aliphatic rings. The summed E-state index contributed by atoms with van der Waals surface area (Å²) in [6.45, 7) is 1.91. The van der Waals surface area contributed by atoms with Crippen molar-refractivity contribution in [2.75, 3.05) is 12.5 Å². The van der Waals surface area contributed by atoms with Crippen LogP contribution in [0.5, 0.6) is 0 Å². The van der Waals surface area contributed by atoms with E-state index in [4.69, 9.17) is 0 Å². The van der Waals surface area contributed by atoms with Crippen LogP contribution in [0, 0.1) is 6.92 Å². The van der Waals surface area contributed by atoms with Gasteiger partial charge in [0, 0.05) is 7.05 Å². The van der Waals surface area contributed by atoms with E-state index in [1.807, 2.05) is 14.0 Å². The number of nitrogens with one attached hydrogen (secondary N) is 1. The first-order chi connectivity index (χ1) is 5.83. The highest BCUT2D eigenvalue weighted by molar-refractivity contribution is 5.72. The van der Waals surface area contributed by atoms with Crippen LogP contribution in [0.15, 0.2) is 12.7 Å². The van der Waals surface area contributed by atoms with Gasteiger partial charge >= 0.3 is 0 Å². The van der Waals surface area contributed by atoms with E-state index in [1.54, 1.807) is 11.0 Å². The van der Waals surface area contributed by atoms with Crippen LogP contribution in [-0.2, 0) is 0 Å². The maximum absolute atomic E-state index is 4.16. The van der Waals surface area contributed by atoms with Crippen molar-refractivity contribution in [1.82, 2.24) is 19.6 Å². The van der Waals surface area contributed by atoms with Crippen molar-refractivity contribution in [1.29, 1.82) is 0 Å². The summed E-state index contributed by atoms with van der Waals surface area (Å²) in [7, 11) is 1.82. The maximum atomic E-state index is 4.16. The molecule has 0 amide bonds. The summed E-state index contributed by atoms with van der Waals surface area (Å²) in [5.41, 5.74) is 5.49. The third-order valence-corrected chi connectivity index (χ3v) is 1.76. The second-order valence-electron chi connectivity index (χ2n) is 2.47. The molecule has 0 radical (unpaired) electrons. The molecule has 0 spiro atoms. The molecule has 0 aliphatic heterocycles. The quantitative estimate of drug-likeness (QED) is 0.657. The summed E-state index contributed by atoms with van der Waals surface area (Å²) in [6.07, 6.45) is 3.22. The largest absolute Gasteiger partial charge is 0.326 e. The fraction of sp³-hybridized carbons (Fsp3) is 0.286. The molecule has 2 heterocycles. The fourth-order valence-electron chi connectivity index (χ4n) is 1.12. The minimum Gasteiger partial charge on any atom is -0.326 e. The molecule has 12 heavy (non-hydrogen) atoms. The maximum Gasteiger partial charge on any atom is 0.182 e. The van der Waals surface area contributed by atoms with Crippen molar-refractivity contribution in [3.05, 3.63) is 18.3 Å². The number of hydrogen-bond acceptors (Lipinski definition) is 4. The molecular weight excluding hydrogens is 154 g/mol. The molecule has 0 bridgehead atoms. The molecule has 0 saturated heterocycles. The lowest BCUT2D eigenvalue weighted by molar-refractivity contribution is 0.936. The van der Waals surface area contributed by atoms with Crippen LogP contribution in [0.1, 0.15) is 5.69 Å². The third-order valence-electron chi connectivity index (χ3n) is 1.76. The molecule has 2 rings (SSSR count). The van der Waals surface area contributed by atoms with Crippen molar-refractivity contribution in [3.8, 4) is 0 Å². The number of aryl methyl sites for hydroxylation is 1. The predicted octanol–water partition coefficient (Wildman–Crippen LogP) is 0.308. The highest BCUT2D eigenvalue weighted by Crippen LogP contribution is 2.09. The van der Waals surface area contributed by atoms with Gasteiger partial charge in [0.15, 0.2) is 5.65 Å². The molecule has 0 fully saturated rings. The number of fused-ring (bicyclic) bond motifs is 1. The van der Waals surface area contributed by atoms with E-state index in [2.05, 4.69) is 20.4 Å². The number of hydrogen-bond donors (Lipinski definition) is 1. The summed E-state index contributed by atoms with van der Waals surface area (Å²) in [6, 6.07) is 0. The number of aromatic nitrogens is 4. The van der Waals surface area contributed by atoms with Gasteiger partial charge in [-0.15, -0.1) is 0 Å². The van der Waals surface area contributed by atoms with Crippen molar-refractivity contribution < 1.29 is 0 Å². The second-order valence-corrected chi connectivity index (χ2v) is 2.47. The van der Waals surface area contributed by atoms with Crippen LogP contribution in [0.2, 0.25) is 0 Å². The molecule has 5 nitrogen and oxygen atoms in total. The van der Waals surface area contributed by atoms with Crippen LogP contribution < -0.4 is 5.43 Å². The highest BCUT2D eigenvalue weighted by atomic mass is 15.4. The summed E-state index contributed by atoms with van der Waals surface area (Å²) in [5.74, 6) is 0. The minimum absolute atomic E-state index is 0.810. The Morgan fingerprint density at radius 3 is 2.92 bits per heavy atom. The average molecular weight is 163 g/mol. The van der Waals surface area contributed by atoms with Crippen LogP contribution in [0.25, 0.3) is 11.2 Å². The predicted molar refractivity (Wildman–Crippen MR) is 45.3 cm³/mol. The Morgan fingerprint density at radius 2 is 2.17 bits per heavy atom. The molecule has 5 heteroatoms. The lowest BCUT2D eigenvalue weighted by Gasteiger charge is -1.99. The summed E-state index contributed by atoms with van der Waals surface area (Å²) in [5, 5.41) is 0. The Hall–Kier alpha value is -1.65. The molecule has 0 unspecified atom stereocenters. The smallest absolute Gasteiger partial charge is 0.182 e. The Bertz CT molecular complexity index is 405. The first-order valence-electron chi connectivity index (χ1n) is 3.65. The Labute approximate surface area is 69.4 Å². The van der Waals surface area contributed by atoms with E-state index in [9.17, 15) is 0 Å². The van der Waals surface area contributed by atoms with Crippen LogP contribution in [0.4, 0.5) is 0 Å². The summed E-state index contributed by atoms with van der Waals surface area (Å²) < 4.78 is 1.75. The molecule has 0 saturated carbocycles. The van der Waals surface area contributed by atoms with Crippen molar-refractivity contribution in [3.63, 3.8) is 0 Å². The SMILES string of the molecule is CNn1cnc2c(C)ncnc21. The minimum atomic E-state index is 0.810. The van der Waals surface area contributed by atoms with Gasteiger partial charge in [-0.25, -0.2) is 19.6 Å². The van der Waals surface area contributed by atoms with E-state index in [-0.39, 0.29) is 0 Å². The van der Waals surface area contributed by atoms with Crippen molar-refractivity contribution in [2.45, 2.75) is 6.92 Å². The lowest BCUT2D eigenvalue weighted by Crippen LogP contribution is -2.07. The molecule has 0 atom stereocenters. The molecule has 1 N–H and O–H groups in total. The third kappa shape index (κ3) is 0.827. The van der Waals surface area contributed by atoms with Gasteiger partial charge in [-0.1, -0.05) is 0 Å². The van der Waals surface area contributed by atoms with E-state index >= 15 is 0 Å². The second kappa shape index (κ2) is 2.44. The van der Waals surface area contributed by atoms with Gasteiger partial charge in [-0.2, -0.15) is 0 Å². The Morgan fingerprint density at radius 1 is 1.33 bits per heavy atom. The first kappa shape index (κ1) is 7.02. The van der Waals surface area contributed by atoms with Gasteiger partial charge in [0.2, 0.25) is 0 Å². The van der Waals surface area contributed by atoms with Gasteiger partial charge in [-0.3, -0.25) is 0 Å². The Balaban J connectivity index is 2.80. The van der Waals surface area contributed by atoms with Gasteiger partial charge in [0.25, 0.3) is 0 Å². The summed E-state index contributed by atoms with van der Waals surface area (Å²) >= 11 is 0. The van der Waals surface area contributed by atoms with Gasteiger partial charge < -0.3 is 5.43 Å². The number of rotatable bonds is 1. The Kier molecular flexibility index (Phi) is 1.43. The molecule has 0 aliphatic carbocycles. The van der Waals surface area contributed by atoms with E-state index < -0.39 is 0 Å². The van der Waals surface area contributed by atoms with E-state index in [0.29, 0.717) is 0 Å². The zero-order valence-corrected chi connectivity index (χ0v) is 6.94. The first-order valence-corrected chi connectivity index (χ1v) is 3.65. The lowest BCUT2D eigenvalue weighted by atomic mass is 10.4. The molecule has 2 aromatic rings. The topological polar surface area (TPSA) is 55.6 Å². The van der Waals surface area contributed by atoms with Gasteiger partial charge in [0.05, 0.1) is 5.69 Å². The van der Waals surface area contributed by atoms with E-state index in [1.165, 1.54) is 6.33 Å². The van der Waals surface area contributed by atoms with Crippen LogP contribution in [-0.4, -0.2) is 26.7 Å². The molecule has 62 valence electrons.